The zero-order chi connectivity index (χ0) is 18.1. The van der Waals surface area contributed by atoms with Crippen LogP contribution in [0.3, 0.4) is 0 Å². The van der Waals surface area contributed by atoms with Crippen LogP contribution >= 0.6 is 11.3 Å². The van der Waals surface area contributed by atoms with E-state index in [-0.39, 0.29) is 24.5 Å². The van der Waals surface area contributed by atoms with E-state index in [1.807, 2.05) is 11.0 Å². The number of nitrogens with zero attached hydrogens (tertiary/aromatic N) is 2. The number of pyridine rings is 1. The van der Waals surface area contributed by atoms with Crippen molar-refractivity contribution >= 4 is 23.2 Å². The Morgan fingerprint density at radius 2 is 2.27 bits per heavy atom. The molecule has 0 spiro atoms. The summed E-state index contributed by atoms with van der Waals surface area (Å²) in [6.07, 6.45) is 4.66. The predicted molar refractivity (Wildman–Crippen MR) is 97.5 cm³/mol. The minimum absolute atomic E-state index is 0.0610. The molecule has 7 heteroatoms. The average molecular weight is 371 g/mol. The highest BCUT2D eigenvalue weighted by molar-refractivity contribution is 7.10. The number of hydrogen-bond acceptors (Lipinski definition) is 5. The number of morpholine rings is 1. The average Bonchev–Trinajstić information content (AvgIpc) is 3.42. The number of carbonyl (C=O) groups is 2. The molecule has 0 radical (unpaired) electrons. The van der Waals surface area contributed by atoms with E-state index in [1.54, 1.807) is 29.8 Å². The SMILES string of the molecule is Cc1ccsc1CN(C(=O)[C@H]1OCC(=O)N[C@@H]1c1cccnc1)C1CC1. The van der Waals surface area contributed by atoms with Gasteiger partial charge in [-0.15, -0.1) is 11.3 Å². The summed E-state index contributed by atoms with van der Waals surface area (Å²) in [5, 5.41) is 4.95. The molecule has 6 nitrogen and oxygen atoms in total. The minimum atomic E-state index is -0.724. The van der Waals surface area contributed by atoms with Crippen molar-refractivity contribution in [1.29, 1.82) is 0 Å². The van der Waals surface area contributed by atoms with Gasteiger partial charge < -0.3 is 15.0 Å². The van der Waals surface area contributed by atoms with Crippen molar-refractivity contribution in [1.82, 2.24) is 15.2 Å². The maximum Gasteiger partial charge on any atom is 0.254 e. The second kappa shape index (κ2) is 7.17. The van der Waals surface area contributed by atoms with Gasteiger partial charge in [-0.25, -0.2) is 0 Å². The summed E-state index contributed by atoms with van der Waals surface area (Å²) in [6.45, 7) is 2.57. The van der Waals surface area contributed by atoms with Crippen LogP contribution in [0.2, 0.25) is 0 Å². The van der Waals surface area contributed by atoms with E-state index < -0.39 is 12.1 Å². The molecule has 2 aliphatic rings. The van der Waals surface area contributed by atoms with Crippen LogP contribution in [0.15, 0.2) is 36.0 Å². The summed E-state index contributed by atoms with van der Waals surface area (Å²) in [7, 11) is 0. The molecule has 2 fully saturated rings. The number of amides is 2. The fourth-order valence-electron chi connectivity index (χ4n) is 3.24. The van der Waals surface area contributed by atoms with Crippen LogP contribution in [-0.4, -0.2) is 40.5 Å². The van der Waals surface area contributed by atoms with E-state index in [0.29, 0.717) is 6.54 Å². The van der Waals surface area contributed by atoms with Gasteiger partial charge in [-0.05, 0) is 48.4 Å². The highest BCUT2D eigenvalue weighted by Crippen LogP contribution is 2.33. The molecule has 4 rings (SSSR count). The molecule has 136 valence electrons. The third kappa shape index (κ3) is 3.50. The normalized spacial score (nSPS) is 22.7. The molecule has 3 heterocycles. The molecule has 1 saturated heterocycles. The van der Waals surface area contributed by atoms with Gasteiger partial charge in [0.1, 0.15) is 6.61 Å². The smallest absolute Gasteiger partial charge is 0.254 e. The van der Waals surface area contributed by atoms with Crippen molar-refractivity contribution in [3.63, 3.8) is 0 Å². The third-order valence-corrected chi connectivity index (χ3v) is 5.86. The Hall–Kier alpha value is -2.25. The van der Waals surface area contributed by atoms with E-state index in [0.717, 1.165) is 18.4 Å². The molecule has 0 bridgehead atoms. The van der Waals surface area contributed by atoms with E-state index in [1.165, 1.54) is 10.4 Å². The number of aromatic nitrogens is 1. The molecule has 1 N–H and O–H groups in total. The third-order valence-electron chi connectivity index (χ3n) is 4.85. The Morgan fingerprint density at radius 3 is 2.92 bits per heavy atom. The van der Waals surface area contributed by atoms with Crippen molar-refractivity contribution in [2.45, 2.75) is 44.5 Å². The van der Waals surface area contributed by atoms with E-state index in [2.05, 4.69) is 28.7 Å². The van der Waals surface area contributed by atoms with Gasteiger partial charge in [0.2, 0.25) is 5.91 Å². The van der Waals surface area contributed by atoms with Gasteiger partial charge in [-0.2, -0.15) is 0 Å². The molecule has 2 amide bonds. The number of hydrogen-bond donors (Lipinski definition) is 1. The molecule has 1 aliphatic carbocycles. The lowest BCUT2D eigenvalue weighted by molar-refractivity contribution is -0.156. The Kier molecular flexibility index (Phi) is 4.74. The molecular formula is C19H21N3O3S. The van der Waals surface area contributed by atoms with Crippen LogP contribution in [-0.2, 0) is 20.9 Å². The summed E-state index contributed by atoms with van der Waals surface area (Å²) in [6, 6.07) is 5.48. The summed E-state index contributed by atoms with van der Waals surface area (Å²) >= 11 is 1.67. The van der Waals surface area contributed by atoms with Gasteiger partial charge in [0.25, 0.3) is 5.91 Å². The lowest BCUT2D eigenvalue weighted by Gasteiger charge is -2.35. The van der Waals surface area contributed by atoms with Gasteiger partial charge in [-0.3, -0.25) is 14.6 Å². The second-order valence-electron chi connectivity index (χ2n) is 6.79. The maximum atomic E-state index is 13.3. The molecule has 0 unspecified atom stereocenters. The van der Waals surface area contributed by atoms with Gasteiger partial charge >= 0.3 is 0 Å². The molecule has 1 aliphatic heterocycles. The largest absolute Gasteiger partial charge is 0.356 e. The standard InChI is InChI=1S/C19H21N3O3S/c1-12-6-8-26-15(12)10-22(14-4-5-14)19(24)18-17(21-16(23)11-25-18)13-3-2-7-20-9-13/h2-3,6-9,14,17-18H,4-5,10-11H2,1H3,(H,21,23)/t17-,18+/m1/s1. The summed E-state index contributed by atoms with van der Waals surface area (Å²) in [4.78, 5) is 32.4. The zero-order valence-electron chi connectivity index (χ0n) is 14.6. The van der Waals surface area contributed by atoms with Gasteiger partial charge in [0.05, 0.1) is 12.6 Å². The van der Waals surface area contributed by atoms with Gasteiger partial charge in [0, 0.05) is 23.3 Å². The van der Waals surface area contributed by atoms with Crippen molar-refractivity contribution < 1.29 is 14.3 Å². The van der Waals surface area contributed by atoms with Crippen molar-refractivity contribution in [2.24, 2.45) is 0 Å². The Morgan fingerprint density at radius 1 is 1.42 bits per heavy atom. The van der Waals surface area contributed by atoms with Crippen molar-refractivity contribution in [3.05, 3.63) is 52.0 Å². The fourth-order valence-corrected chi connectivity index (χ4v) is 4.15. The topological polar surface area (TPSA) is 71.5 Å². The molecule has 2 aromatic heterocycles. The molecule has 1 saturated carbocycles. The number of carbonyl (C=O) groups excluding carboxylic acids is 2. The van der Waals surface area contributed by atoms with Crippen LogP contribution in [0.25, 0.3) is 0 Å². The molecule has 2 atom stereocenters. The Labute approximate surface area is 156 Å². The quantitative estimate of drug-likeness (QED) is 0.875. The van der Waals surface area contributed by atoms with Crippen LogP contribution in [0.4, 0.5) is 0 Å². The molecule has 26 heavy (non-hydrogen) atoms. The van der Waals surface area contributed by atoms with Gasteiger partial charge in [0.15, 0.2) is 6.10 Å². The fraction of sp³-hybridized carbons (Fsp3) is 0.421. The predicted octanol–water partition coefficient (Wildman–Crippen LogP) is 2.20. The highest BCUT2D eigenvalue weighted by Gasteiger charge is 2.42. The number of thiophene rings is 1. The number of rotatable bonds is 5. The second-order valence-corrected chi connectivity index (χ2v) is 7.79. The zero-order valence-corrected chi connectivity index (χ0v) is 15.4. The van der Waals surface area contributed by atoms with E-state index in [9.17, 15) is 9.59 Å². The van der Waals surface area contributed by atoms with Crippen LogP contribution in [0, 0.1) is 6.92 Å². The summed E-state index contributed by atoms with van der Waals surface area (Å²) in [5.74, 6) is -0.274. The Bertz CT molecular complexity index is 803. The number of ether oxygens (including phenoxy) is 1. The molecule has 2 aromatic rings. The number of aryl methyl sites for hydroxylation is 1. The van der Waals surface area contributed by atoms with Crippen LogP contribution in [0.1, 0.15) is 34.9 Å². The van der Waals surface area contributed by atoms with Crippen molar-refractivity contribution in [3.8, 4) is 0 Å². The van der Waals surface area contributed by atoms with Crippen LogP contribution < -0.4 is 5.32 Å². The lowest BCUT2D eigenvalue weighted by atomic mass is 10.00. The molecular weight excluding hydrogens is 350 g/mol. The van der Waals surface area contributed by atoms with E-state index in [4.69, 9.17) is 4.74 Å². The van der Waals surface area contributed by atoms with E-state index >= 15 is 0 Å². The maximum absolute atomic E-state index is 13.3. The highest BCUT2D eigenvalue weighted by atomic mass is 32.1. The first kappa shape index (κ1) is 17.2. The summed E-state index contributed by atoms with van der Waals surface area (Å²) < 4.78 is 5.70. The van der Waals surface area contributed by atoms with Gasteiger partial charge in [-0.1, -0.05) is 6.07 Å². The van der Waals surface area contributed by atoms with Crippen LogP contribution in [0.5, 0.6) is 0 Å². The first-order chi connectivity index (χ1) is 12.6. The minimum Gasteiger partial charge on any atom is -0.356 e. The van der Waals surface area contributed by atoms with Crippen molar-refractivity contribution in [2.75, 3.05) is 6.61 Å². The lowest BCUT2D eigenvalue weighted by Crippen LogP contribution is -2.53. The number of nitrogens with one attached hydrogen (secondary N) is 1. The first-order valence-electron chi connectivity index (χ1n) is 8.78. The molecule has 0 aromatic carbocycles. The first-order valence-corrected chi connectivity index (χ1v) is 9.66. The summed E-state index contributed by atoms with van der Waals surface area (Å²) in [5.41, 5.74) is 1.98. The monoisotopic (exact) mass is 371 g/mol. The Balaban J connectivity index is 1.59.